The zero-order valence-corrected chi connectivity index (χ0v) is 22.1. The summed E-state index contributed by atoms with van der Waals surface area (Å²) >= 11 is 0. The molecule has 198 valence electrons. The van der Waals surface area contributed by atoms with E-state index >= 15 is 0 Å². The lowest BCUT2D eigenvalue weighted by atomic mass is 9.96. The minimum atomic E-state index is -0.360. The van der Waals surface area contributed by atoms with Gasteiger partial charge in [0.1, 0.15) is 23.4 Å². The molecule has 0 saturated heterocycles. The number of nitrogens with zero attached hydrogens (tertiary/aromatic N) is 3. The van der Waals surface area contributed by atoms with Crippen LogP contribution in [-0.4, -0.2) is 15.1 Å². The molecule has 0 aliphatic rings. The third-order valence-electron chi connectivity index (χ3n) is 6.88. The molecule has 2 aromatic carbocycles. The van der Waals surface area contributed by atoms with Crippen LogP contribution in [0.3, 0.4) is 0 Å². The van der Waals surface area contributed by atoms with Crippen molar-refractivity contribution in [2.45, 2.75) is 26.8 Å². The predicted octanol–water partition coefficient (Wildman–Crippen LogP) is 7.50. The molecule has 0 bridgehead atoms. The molecule has 0 aliphatic heterocycles. The van der Waals surface area contributed by atoms with Gasteiger partial charge in [0.15, 0.2) is 0 Å². The zero-order valence-electron chi connectivity index (χ0n) is 22.1. The Balaban J connectivity index is 1.54. The van der Waals surface area contributed by atoms with Crippen LogP contribution in [0.1, 0.15) is 29.8 Å². The van der Waals surface area contributed by atoms with Crippen LogP contribution < -0.4 is 10.7 Å². The number of hydrogen-bond acceptors (Lipinski definition) is 7. The van der Waals surface area contributed by atoms with Crippen molar-refractivity contribution < 1.29 is 13.3 Å². The Morgan fingerprint density at radius 2 is 1.80 bits per heavy atom. The van der Waals surface area contributed by atoms with E-state index in [9.17, 15) is 9.18 Å². The van der Waals surface area contributed by atoms with Crippen LogP contribution in [0, 0.1) is 19.7 Å². The van der Waals surface area contributed by atoms with Gasteiger partial charge in [-0.1, -0.05) is 23.4 Å². The van der Waals surface area contributed by atoms with Crippen LogP contribution in [0.25, 0.3) is 44.7 Å². The minimum Gasteiger partial charge on any atom is -0.455 e. The molecule has 0 unspecified atom stereocenters. The predicted molar refractivity (Wildman–Crippen MR) is 152 cm³/mol. The number of aryl methyl sites for hydroxylation is 2. The highest BCUT2D eigenvalue weighted by molar-refractivity contribution is 5.91. The van der Waals surface area contributed by atoms with Gasteiger partial charge in [0.2, 0.25) is 5.43 Å². The summed E-state index contributed by atoms with van der Waals surface area (Å²) in [6.45, 7) is 5.68. The second-order valence-corrected chi connectivity index (χ2v) is 9.67. The molecule has 0 radical (unpaired) electrons. The average Bonchev–Trinajstić information content (AvgIpc) is 3.39. The molecule has 4 heterocycles. The van der Waals surface area contributed by atoms with Crippen molar-refractivity contribution in [2.24, 2.45) is 0 Å². The van der Waals surface area contributed by atoms with E-state index in [1.807, 2.05) is 38.1 Å². The number of benzene rings is 2. The molecule has 1 N–H and O–H groups in total. The van der Waals surface area contributed by atoms with Gasteiger partial charge in [-0.25, -0.2) is 4.39 Å². The molecule has 0 spiro atoms. The first-order valence-electron chi connectivity index (χ1n) is 12.8. The van der Waals surface area contributed by atoms with E-state index in [1.54, 1.807) is 55.8 Å². The maximum Gasteiger partial charge on any atom is 0.201 e. The van der Waals surface area contributed by atoms with Gasteiger partial charge >= 0.3 is 0 Å². The summed E-state index contributed by atoms with van der Waals surface area (Å²) < 4.78 is 26.4. The molecule has 6 aromatic rings. The van der Waals surface area contributed by atoms with Crippen molar-refractivity contribution in [3.05, 3.63) is 118 Å². The second kappa shape index (κ2) is 10.2. The lowest BCUT2D eigenvalue weighted by molar-refractivity contribution is 0.415. The van der Waals surface area contributed by atoms with Crippen molar-refractivity contribution in [3.8, 4) is 33.7 Å². The van der Waals surface area contributed by atoms with Gasteiger partial charge in [-0.15, -0.1) is 0 Å². The normalized spacial score (nSPS) is 12.0. The highest BCUT2D eigenvalue weighted by Gasteiger charge is 2.24. The fraction of sp³-hybridized carbons (Fsp3) is 0.125. The number of hydrogen-bond donors (Lipinski definition) is 1. The summed E-state index contributed by atoms with van der Waals surface area (Å²) in [4.78, 5) is 22.8. The Morgan fingerprint density at radius 1 is 0.975 bits per heavy atom. The third kappa shape index (κ3) is 4.43. The van der Waals surface area contributed by atoms with Crippen LogP contribution in [0.5, 0.6) is 0 Å². The Labute approximate surface area is 229 Å². The number of pyridine rings is 2. The summed E-state index contributed by atoms with van der Waals surface area (Å²) in [7, 11) is 0. The molecule has 4 aromatic heterocycles. The number of nitrogens with one attached hydrogen (secondary N) is 1. The molecule has 40 heavy (non-hydrogen) atoms. The quantitative estimate of drug-likeness (QED) is 0.237. The number of aromatic nitrogens is 3. The summed E-state index contributed by atoms with van der Waals surface area (Å²) in [6.07, 6.45) is 6.41. The highest BCUT2D eigenvalue weighted by Crippen LogP contribution is 2.37. The van der Waals surface area contributed by atoms with Crippen LogP contribution in [-0.2, 0) is 0 Å². The monoisotopic (exact) mass is 532 g/mol. The number of rotatable bonds is 6. The standard InChI is InChI=1S/C32H25FN4O3/c1-18-14-23(19(2)36-27-11-7-13-35-29(27)22-9-4-5-10-26(22)33)32-24(15-18)30(38)28(25-17-39-37-20(25)3)31(40-32)21-8-6-12-34-16-21/h4-17,19,36H,1-3H3/t19-/m1/s1. The van der Waals surface area contributed by atoms with E-state index in [2.05, 4.69) is 20.4 Å². The fourth-order valence-electron chi connectivity index (χ4n) is 4.97. The second-order valence-electron chi connectivity index (χ2n) is 9.67. The molecule has 8 heteroatoms. The average molecular weight is 533 g/mol. The number of fused-ring (bicyclic) bond motifs is 1. The van der Waals surface area contributed by atoms with E-state index in [1.165, 1.54) is 12.3 Å². The lowest BCUT2D eigenvalue weighted by Gasteiger charge is -2.20. The van der Waals surface area contributed by atoms with E-state index in [-0.39, 0.29) is 17.3 Å². The van der Waals surface area contributed by atoms with E-state index < -0.39 is 0 Å². The Hall–Kier alpha value is -5.11. The van der Waals surface area contributed by atoms with Crippen molar-refractivity contribution >= 4 is 16.7 Å². The van der Waals surface area contributed by atoms with Crippen molar-refractivity contribution in [3.63, 3.8) is 0 Å². The zero-order chi connectivity index (χ0) is 27.8. The molecule has 0 saturated carbocycles. The first-order chi connectivity index (χ1) is 19.4. The van der Waals surface area contributed by atoms with Gasteiger partial charge in [0.05, 0.1) is 39.6 Å². The molecule has 0 aliphatic carbocycles. The molecule has 7 nitrogen and oxygen atoms in total. The van der Waals surface area contributed by atoms with E-state index in [4.69, 9.17) is 8.94 Å². The lowest BCUT2D eigenvalue weighted by Crippen LogP contribution is -2.13. The Bertz CT molecular complexity index is 1910. The number of halogens is 1. The van der Waals surface area contributed by atoms with Crippen molar-refractivity contribution in [1.29, 1.82) is 0 Å². The molecule has 1 atom stereocenters. The summed E-state index contributed by atoms with van der Waals surface area (Å²) in [5, 5.41) is 7.90. The Morgan fingerprint density at radius 3 is 2.55 bits per heavy atom. The van der Waals surface area contributed by atoms with Gasteiger partial charge in [0.25, 0.3) is 0 Å². The van der Waals surface area contributed by atoms with Crippen molar-refractivity contribution in [1.82, 2.24) is 15.1 Å². The highest BCUT2D eigenvalue weighted by atomic mass is 19.1. The van der Waals surface area contributed by atoms with Gasteiger partial charge < -0.3 is 14.3 Å². The summed E-state index contributed by atoms with van der Waals surface area (Å²) in [6, 6.07) is 17.3. The summed E-state index contributed by atoms with van der Waals surface area (Å²) in [5.74, 6) is 0.0178. The maximum absolute atomic E-state index is 14.7. The molecular formula is C32H25FN4O3. The first kappa shape index (κ1) is 25.2. The van der Waals surface area contributed by atoms with Crippen LogP contribution in [0.4, 0.5) is 10.1 Å². The van der Waals surface area contributed by atoms with E-state index in [0.29, 0.717) is 56.1 Å². The summed E-state index contributed by atoms with van der Waals surface area (Å²) in [5.41, 5.74) is 5.62. The van der Waals surface area contributed by atoms with Crippen LogP contribution in [0.2, 0.25) is 0 Å². The van der Waals surface area contributed by atoms with Gasteiger partial charge in [-0.2, -0.15) is 0 Å². The largest absolute Gasteiger partial charge is 0.455 e. The topological polar surface area (TPSA) is 94.1 Å². The van der Waals surface area contributed by atoms with Crippen LogP contribution in [0.15, 0.2) is 99.3 Å². The first-order valence-corrected chi connectivity index (χ1v) is 12.8. The number of anilines is 1. The molecular weight excluding hydrogens is 507 g/mol. The van der Waals surface area contributed by atoms with Gasteiger partial charge in [0, 0.05) is 35.3 Å². The van der Waals surface area contributed by atoms with E-state index in [0.717, 1.165) is 11.1 Å². The molecule has 0 fully saturated rings. The Kier molecular flexibility index (Phi) is 6.43. The van der Waals surface area contributed by atoms with Crippen LogP contribution >= 0.6 is 0 Å². The smallest absolute Gasteiger partial charge is 0.201 e. The van der Waals surface area contributed by atoms with Crippen molar-refractivity contribution in [2.75, 3.05) is 5.32 Å². The van der Waals surface area contributed by atoms with Gasteiger partial charge in [-0.3, -0.25) is 14.8 Å². The molecule has 6 rings (SSSR count). The minimum absolute atomic E-state index is 0.197. The van der Waals surface area contributed by atoms with Gasteiger partial charge in [-0.05, 0) is 68.8 Å². The third-order valence-corrected chi connectivity index (χ3v) is 6.88. The molecule has 0 amide bonds. The maximum atomic E-state index is 14.7. The SMILES string of the molecule is Cc1cc([C@@H](C)Nc2cccnc2-c2ccccc2F)c2oc(-c3cccnc3)c(-c3conc3C)c(=O)c2c1. The fourth-order valence-corrected chi connectivity index (χ4v) is 4.97.